The Kier molecular flexibility index (Phi) is 8.85. The van der Waals surface area contributed by atoms with Crippen molar-refractivity contribution in [3.63, 3.8) is 0 Å². The summed E-state index contributed by atoms with van der Waals surface area (Å²) in [6.45, 7) is 2.67. The van der Waals surface area contributed by atoms with E-state index >= 15 is 0 Å². The van der Waals surface area contributed by atoms with E-state index in [9.17, 15) is 4.79 Å². The maximum absolute atomic E-state index is 13.7. The van der Waals surface area contributed by atoms with Crippen molar-refractivity contribution in [2.75, 3.05) is 6.61 Å². The van der Waals surface area contributed by atoms with Crippen LogP contribution in [0.1, 0.15) is 18.1 Å². The van der Waals surface area contributed by atoms with E-state index in [2.05, 4.69) is 68.8 Å². The molecule has 0 saturated heterocycles. The monoisotopic (exact) mass is 827 g/mol. The first-order chi connectivity index (χ1) is 20.8. The topological polar surface area (TPSA) is 78.9 Å². The molecule has 11 heteroatoms. The van der Waals surface area contributed by atoms with Gasteiger partial charge in [-0.15, -0.1) is 0 Å². The molecule has 0 atom stereocenters. The third-order valence-corrected chi connectivity index (χ3v) is 8.81. The Balaban J connectivity index is 1.40. The minimum absolute atomic E-state index is 0.288. The fourth-order valence-electron chi connectivity index (χ4n) is 4.49. The molecular weight excluding hydrogens is 810 g/mol. The molecule has 0 unspecified atom stereocenters. The molecule has 0 aliphatic heterocycles. The van der Waals surface area contributed by atoms with Gasteiger partial charge in [-0.1, -0.05) is 66.0 Å². The fourth-order valence-corrected chi connectivity index (χ4v) is 6.61. The van der Waals surface area contributed by atoms with Crippen LogP contribution in [0, 0.1) is 0 Å². The number of furan rings is 1. The van der Waals surface area contributed by atoms with E-state index in [1.54, 1.807) is 24.4 Å². The van der Waals surface area contributed by atoms with Gasteiger partial charge in [-0.3, -0.25) is 4.79 Å². The highest BCUT2D eigenvalue weighted by atomic mass is 79.9. The number of halogens is 4. The number of rotatable bonds is 8. The van der Waals surface area contributed by atoms with E-state index in [0.717, 1.165) is 24.4 Å². The van der Waals surface area contributed by atoms with Gasteiger partial charge in [0.15, 0.2) is 17.3 Å². The molecule has 216 valence electrons. The molecule has 6 aromatic rings. The Morgan fingerprint density at radius 1 is 0.907 bits per heavy atom. The molecule has 0 N–H and O–H groups in total. The first-order valence-electron chi connectivity index (χ1n) is 13.1. The first kappa shape index (κ1) is 29.8. The van der Waals surface area contributed by atoms with Crippen LogP contribution in [0.15, 0.2) is 111 Å². The van der Waals surface area contributed by atoms with E-state index in [1.807, 2.05) is 67.6 Å². The highest BCUT2D eigenvalue weighted by Gasteiger charge is 2.18. The Morgan fingerprint density at radius 2 is 1.70 bits per heavy atom. The molecule has 0 radical (unpaired) electrons. The molecule has 0 fully saturated rings. The van der Waals surface area contributed by atoms with Crippen molar-refractivity contribution < 1.29 is 13.9 Å². The quantitative estimate of drug-likeness (QED) is 0.143. The van der Waals surface area contributed by atoms with Crippen molar-refractivity contribution >= 4 is 91.8 Å². The fraction of sp³-hybridized carbons (Fsp3) is 0.0938. The molecule has 43 heavy (non-hydrogen) atoms. The molecule has 0 aliphatic rings. The summed E-state index contributed by atoms with van der Waals surface area (Å²) in [6, 6.07) is 24.3. The zero-order valence-electron chi connectivity index (χ0n) is 22.5. The van der Waals surface area contributed by atoms with Crippen LogP contribution in [-0.2, 0) is 6.61 Å². The van der Waals surface area contributed by atoms with Crippen molar-refractivity contribution in [1.82, 2.24) is 9.66 Å². The minimum Gasteiger partial charge on any atom is -0.490 e. The van der Waals surface area contributed by atoms with Crippen molar-refractivity contribution in [3.05, 3.63) is 118 Å². The number of aromatic nitrogens is 2. The summed E-state index contributed by atoms with van der Waals surface area (Å²) < 4.78 is 23.0. The summed E-state index contributed by atoms with van der Waals surface area (Å²) in [7, 11) is 0. The van der Waals surface area contributed by atoms with Gasteiger partial charge in [-0.25, -0.2) is 4.98 Å². The van der Waals surface area contributed by atoms with Crippen molar-refractivity contribution in [2.24, 2.45) is 5.10 Å². The average Bonchev–Trinajstić information content (AvgIpc) is 3.40. The molecule has 4 aromatic carbocycles. The van der Waals surface area contributed by atoms with Gasteiger partial charge >= 0.3 is 0 Å². The number of fused-ring (bicyclic) bond motifs is 2. The standard InChI is InChI=1S/C32H21Br4N3O4/c1-2-41-28-12-18(11-25(36)30(28)42-17-19-7-8-22(34)15-24(19)35)16-37-39-31(38-26-6-4-3-5-23(26)32(39)40)29-14-20-13-21(33)9-10-27(20)43-29/h3-16H,2,17H2,1H3. The molecule has 0 aliphatic carbocycles. The van der Waals surface area contributed by atoms with E-state index in [-0.39, 0.29) is 11.4 Å². The normalized spacial score (nSPS) is 11.6. The molecule has 7 nitrogen and oxygen atoms in total. The lowest BCUT2D eigenvalue weighted by Crippen LogP contribution is -2.20. The lowest BCUT2D eigenvalue weighted by Gasteiger charge is -2.15. The Bertz CT molecular complexity index is 2090. The van der Waals surface area contributed by atoms with Crippen LogP contribution >= 0.6 is 63.7 Å². The lowest BCUT2D eigenvalue weighted by molar-refractivity contribution is 0.267. The highest BCUT2D eigenvalue weighted by Crippen LogP contribution is 2.38. The van der Waals surface area contributed by atoms with Crippen molar-refractivity contribution in [1.29, 1.82) is 0 Å². The van der Waals surface area contributed by atoms with Crippen LogP contribution in [0.2, 0.25) is 0 Å². The molecule has 0 spiro atoms. The number of benzene rings is 4. The van der Waals surface area contributed by atoms with Crippen LogP contribution in [0.3, 0.4) is 0 Å². The van der Waals surface area contributed by atoms with Crippen LogP contribution in [0.5, 0.6) is 11.5 Å². The molecular formula is C32H21Br4N3O4. The van der Waals surface area contributed by atoms with Crippen molar-refractivity contribution in [2.45, 2.75) is 13.5 Å². The molecule has 0 bridgehead atoms. The summed E-state index contributed by atoms with van der Waals surface area (Å²) >= 11 is 14.2. The zero-order valence-corrected chi connectivity index (χ0v) is 28.8. The van der Waals surface area contributed by atoms with Gasteiger partial charge in [0.1, 0.15) is 12.2 Å². The largest absolute Gasteiger partial charge is 0.490 e. The second-order valence-corrected chi connectivity index (χ2v) is 12.9. The minimum atomic E-state index is -0.317. The van der Waals surface area contributed by atoms with Gasteiger partial charge in [-0.05, 0) is 89.1 Å². The second-order valence-electron chi connectivity index (χ2n) is 9.39. The van der Waals surface area contributed by atoms with Crippen LogP contribution in [-0.4, -0.2) is 22.5 Å². The van der Waals surface area contributed by atoms with Crippen LogP contribution in [0.25, 0.3) is 33.5 Å². The number of ether oxygens (including phenoxy) is 2. The second kappa shape index (κ2) is 12.8. The highest BCUT2D eigenvalue weighted by molar-refractivity contribution is 9.11. The summed E-state index contributed by atoms with van der Waals surface area (Å²) in [6.07, 6.45) is 1.59. The molecule has 2 heterocycles. The number of hydrogen-bond acceptors (Lipinski definition) is 6. The summed E-state index contributed by atoms with van der Waals surface area (Å²) in [5.41, 5.74) is 2.58. The smallest absolute Gasteiger partial charge is 0.282 e. The average molecular weight is 831 g/mol. The molecule has 0 amide bonds. The molecule has 6 rings (SSSR count). The number of nitrogens with zero attached hydrogens (tertiary/aromatic N) is 3. The SMILES string of the molecule is CCOc1cc(C=Nn2c(-c3cc4cc(Br)ccc4o3)nc3ccccc3c2=O)cc(Br)c1OCc1ccc(Br)cc1Br. The number of para-hydroxylation sites is 1. The maximum Gasteiger partial charge on any atom is 0.282 e. The molecule has 0 saturated carbocycles. The Hall–Kier alpha value is -3.25. The summed E-state index contributed by atoms with van der Waals surface area (Å²) in [5, 5.41) is 5.91. The van der Waals surface area contributed by atoms with E-state index in [1.165, 1.54) is 4.68 Å². The van der Waals surface area contributed by atoms with Crippen LogP contribution < -0.4 is 15.0 Å². The zero-order chi connectivity index (χ0) is 30.1. The first-order valence-corrected chi connectivity index (χ1v) is 16.3. The van der Waals surface area contributed by atoms with Gasteiger partial charge in [-0.2, -0.15) is 9.78 Å². The lowest BCUT2D eigenvalue weighted by atomic mass is 10.2. The van der Waals surface area contributed by atoms with E-state index in [4.69, 9.17) is 18.9 Å². The van der Waals surface area contributed by atoms with Gasteiger partial charge in [0.25, 0.3) is 5.56 Å². The number of hydrogen-bond donors (Lipinski definition) is 0. The van der Waals surface area contributed by atoms with Gasteiger partial charge in [0.05, 0.1) is 28.2 Å². The third-order valence-electron chi connectivity index (χ3n) is 6.49. The maximum atomic E-state index is 13.7. The Labute approximate surface area is 280 Å². The molecule has 2 aromatic heterocycles. The summed E-state index contributed by atoms with van der Waals surface area (Å²) in [4.78, 5) is 18.4. The predicted octanol–water partition coefficient (Wildman–Crippen LogP) is 9.72. The van der Waals surface area contributed by atoms with Crippen LogP contribution in [0.4, 0.5) is 0 Å². The van der Waals surface area contributed by atoms with Gasteiger partial charge in [0.2, 0.25) is 5.82 Å². The predicted molar refractivity (Wildman–Crippen MR) is 183 cm³/mol. The Morgan fingerprint density at radius 3 is 2.51 bits per heavy atom. The summed E-state index contributed by atoms with van der Waals surface area (Å²) in [5.74, 6) is 1.81. The van der Waals surface area contributed by atoms with E-state index < -0.39 is 0 Å². The van der Waals surface area contributed by atoms with Crippen molar-refractivity contribution in [3.8, 4) is 23.1 Å². The van der Waals surface area contributed by atoms with Gasteiger partial charge in [0, 0.05) is 24.4 Å². The third kappa shape index (κ3) is 6.35. The van der Waals surface area contributed by atoms with Gasteiger partial charge < -0.3 is 13.9 Å². The van der Waals surface area contributed by atoms with E-state index in [0.29, 0.717) is 57.0 Å².